The summed E-state index contributed by atoms with van der Waals surface area (Å²) in [6, 6.07) is 7.10. The zero-order valence-corrected chi connectivity index (χ0v) is 14.0. The monoisotopic (exact) mass is 340 g/mol. The Morgan fingerprint density at radius 2 is 2.20 bits per heavy atom. The summed E-state index contributed by atoms with van der Waals surface area (Å²) in [6.45, 7) is 4.71. The van der Waals surface area contributed by atoms with Gasteiger partial charge in [0.2, 0.25) is 0 Å². The van der Waals surface area contributed by atoms with Crippen LogP contribution in [-0.2, 0) is 11.2 Å². The van der Waals surface area contributed by atoms with Crippen molar-refractivity contribution >= 4 is 21.6 Å². The van der Waals surface area contributed by atoms with E-state index in [2.05, 4.69) is 46.0 Å². The van der Waals surface area contributed by atoms with Gasteiger partial charge in [-0.1, -0.05) is 15.9 Å². The molecule has 0 aromatic heterocycles. The second-order valence-corrected chi connectivity index (χ2v) is 6.49. The standard InChI is InChI=1S/C16H25BrN2O/c1-12(13-3-4-13)19(9-10-20-2)16-6-5-15(17)11-14(16)7-8-18/h5-6,11-13H,3-4,7-10,18H2,1-2H3. The van der Waals surface area contributed by atoms with Crippen LogP contribution in [0.15, 0.2) is 22.7 Å². The molecule has 1 atom stereocenters. The largest absolute Gasteiger partial charge is 0.383 e. The number of rotatable bonds is 8. The van der Waals surface area contributed by atoms with Gasteiger partial charge in [0.25, 0.3) is 0 Å². The van der Waals surface area contributed by atoms with Crippen LogP contribution in [0.3, 0.4) is 0 Å². The Kier molecular flexibility index (Phi) is 5.87. The highest BCUT2D eigenvalue weighted by molar-refractivity contribution is 9.10. The molecule has 0 heterocycles. The molecule has 1 aliphatic rings. The van der Waals surface area contributed by atoms with E-state index in [1.807, 2.05) is 0 Å². The Hall–Kier alpha value is -0.580. The average Bonchev–Trinajstić information content (AvgIpc) is 3.25. The molecular formula is C16H25BrN2O. The molecule has 0 aliphatic heterocycles. The van der Waals surface area contributed by atoms with Crippen LogP contribution >= 0.6 is 15.9 Å². The maximum absolute atomic E-state index is 5.77. The van der Waals surface area contributed by atoms with Gasteiger partial charge in [-0.15, -0.1) is 0 Å². The van der Waals surface area contributed by atoms with Gasteiger partial charge in [-0.3, -0.25) is 0 Å². The lowest BCUT2D eigenvalue weighted by atomic mass is 10.1. The molecule has 1 aromatic carbocycles. The van der Waals surface area contributed by atoms with Crippen molar-refractivity contribution in [2.24, 2.45) is 11.7 Å². The molecule has 1 aliphatic carbocycles. The number of nitrogens with two attached hydrogens (primary N) is 1. The lowest BCUT2D eigenvalue weighted by molar-refractivity contribution is 0.202. The van der Waals surface area contributed by atoms with Crippen LogP contribution in [-0.4, -0.2) is 32.8 Å². The SMILES string of the molecule is COCCN(c1ccc(Br)cc1CCN)C(C)C1CC1. The Bertz CT molecular complexity index is 434. The van der Waals surface area contributed by atoms with Crippen molar-refractivity contribution in [3.8, 4) is 0 Å². The first-order chi connectivity index (χ1) is 9.67. The van der Waals surface area contributed by atoms with Gasteiger partial charge in [-0.05, 0) is 62.4 Å². The highest BCUT2D eigenvalue weighted by atomic mass is 79.9. The molecule has 4 heteroatoms. The Balaban J connectivity index is 2.25. The van der Waals surface area contributed by atoms with Gasteiger partial charge in [0.15, 0.2) is 0 Å². The van der Waals surface area contributed by atoms with Crippen molar-refractivity contribution < 1.29 is 4.74 Å². The Labute approximate surface area is 130 Å². The summed E-state index contributed by atoms with van der Waals surface area (Å²) in [4.78, 5) is 2.50. The van der Waals surface area contributed by atoms with Crippen LogP contribution in [0, 0.1) is 5.92 Å². The van der Waals surface area contributed by atoms with Crippen LogP contribution in [0.4, 0.5) is 5.69 Å². The molecule has 112 valence electrons. The van der Waals surface area contributed by atoms with E-state index in [1.54, 1.807) is 7.11 Å². The minimum atomic E-state index is 0.572. The molecule has 0 amide bonds. The number of methoxy groups -OCH3 is 1. The molecule has 0 saturated heterocycles. The summed E-state index contributed by atoms with van der Waals surface area (Å²) in [5.41, 5.74) is 8.41. The van der Waals surface area contributed by atoms with E-state index in [1.165, 1.54) is 24.1 Å². The lowest BCUT2D eigenvalue weighted by Gasteiger charge is -2.33. The summed E-state index contributed by atoms with van der Waals surface area (Å²) in [5, 5.41) is 0. The van der Waals surface area contributed by atoms with Gasteiger partial charge in [-0.2, -0.15) is 0 Å². The summed E-state index contributed by atoms with van der Waals surface area (Å²) in [7, 11) is 1.77. The first kappa shape index (κ1) is 15.8. The Morgan fingerprint density at radius 1 is 1.45 bits per heavy atom. The first-order valence-electron chi connectivity index (χ1n) is 7.41. The summed E-state index contributed by atoms with van der Waals surface area (Å²) < 4.78 is 6.41. The first-order valence-corrected chi connectivity index (χ1v) is 8.20. The van der Waals surface area contributed by atoms with Crippen LogP contribution < -0.4 is 10.6 Å². The maximum atomic E-state index is 5.77. The number of benzene rings is 1. The fourth-order valence-electron chi connectivity index (χ4n) is 2.76. The van der Waals surface area contributed by atoms with Crippen molar-refractivity contribution in [1.29, 1.82) is 0 Å². The van der Waals surface area contributed by atoms with Crippen LogP contribution in [0.25, 0.3) is 0 Å². The molecule has 0 bridgehead atoms. The molecule has 3 nitrogen and oxygen atoms in total. The van der Waals surface area contributed by atoms with E-state index in [9.17, 15) is 0 Å². The van der Waals surface area contributed by atoms with Crippen molar-refractivity contribution in [2.75, 3.05) is 31.7 Å². The van der Waals surface area contributed by atoms with E-state index in [0.29, 0.717) is 12.6 Å². The highest BCUT2D eigenvalue weighted by Gasteiger charge is 2.32. The average molecular weight is 341 g/mol. The zero-order valence-electron chi connectivity index (χ0n) is 12.4. The topological polar surface area (TPSA) is 38.5 Å². The number of nitrogens with zero attached hydrogens (tertiary/aromatic N) is 1. The second kappa shape index (κ2) is 7.43. The van der Waals surface area contributed by atoms with Crippen molar-refractivity contribution in [3.63, 3.8) is 0 Å². The smallest absolute Gasteiger partial charge is 0.0637 e. The van der Waals surface area contributed by atoms with Crippen molar-refractivity contribution in [2.45, 2.75) is 32.2 Å². The lowest BCUT2D eigenvalue weighted by Crippen LogP contribution is -2.38. The van der Waals surface area contributed by atoms with Gasteiger partial charge in [0.1, 0.15) is 0 Å². The molecule has 1 saturated carbocycles. The van der Waals surface area contributed by atoms with Gasteiger partial charge >= 0.3 is 0 Å². The van der Waals surface area contributed by atoms with E-state index in [0.717, 1.165) is 30.0 Å². The zero-order chi connectivity index (χ0) is 14.5. The van der Waals surface area contributed by atoms with Crippen LogP contribution in [0.2, 0.25) is 0 Å². The molecule has 1 unspecified atom stereocenters. The third-order valence-electron chi connectivity index (χ3n) is 4.10. The molecule has 2 rings (SSSR count). The number of hydrogen-bond donors (Lipinski definition) is 1. The molecule has 0 spiro atoms. The minimum absolute atomic E-state index is 0.572. The van der Waals surface area contributed by atoms with E-state index in [4.69, 9.17) is 10.5 Å². The van der Waals surface area contributed by atoms with Gasteiger partial charge in [0, 0.05) is 29.9 Å². The molecule has 0 radical (unpaired) electrons. The van der Waals surface area contributed by atoms with Gasteiger partial charge in [0.05, 0.1) is 6.61 Å². The predicted molar refractivity (Wildman–Crippen MR) is 88.3 cm³/mol. The molecule has 2 N–H and O–H groups in total. The maximum Gasteiger partial charge on any atom is 0.0637 e. The third kappa shape index (κ3) is 3.96. The van der Waals surface area contributed by atoms with E-state index < -0.39 is 0 Å². The Morgan fingerprint density at radius 3 is 2.80 bits per heavy atom. The quantitative estimate of drug-likeness (QED) is 0.789. The van der Waals surface area contributed by atoms with Gasteiger partial charge < -0.3 is 15.4 Å². The van der Waals surface area contributed by atoms with E-state index >= 15 is 0 Å². The van der Waals surface area contributed by atoms with Gasteiger partial charge in [-0.25, -0.2) is 0 Å². The fraction of sp³-hybridized carbons (Fsp3) is 0.625. The molecule has 1 fully saturated rings. The summed E-state index contributed by atoms with van der Waals surface area (Å²) in [5.74, 6) is 0.834. The highest BCUT2D eigenvalue weighted by Crippen LogP contribution is 2.38. The second-order valence-electron chi connectivity index (χ2n) is 5.58. The summed E-state index contributed by atoms with van der Waals surface area (Å²) >= 11 is 3.56. The number of hydrogen-bond acceptors (Lipinski definition) is 3. The molecular weight excluding hydrogens is 316 g/mol. The number of halogens is 1. The van der Waals surface area contributed by atoms with E-state index in [-0.39, 0.29) is 0 Å². The normalized spacial score (nSPS) is 16.2. The van der Waals surface area contributed by atoms with Crippen molar-refractivity contribution in [1.82, 2.24) is 0 Å². The number of anilines is 1. The predicted octanol–water partition coefficient (Wildman–Crippen LogP) is 3.20. The van der Waals surface area contributed by atoms with Crippen LogP contribution in [0.1, 0.15) is 25.3 Å². The van der Waals surface area contributed by atoms with Crippen LogP contribution in [0.5, 0.6) is 0 Å². The summed E-state index contributed by atoms with van der Waals surface area (Å²) in [6.07, 6.45) is 3.62. The number of ether oxygens (including phenoxy) is 1. The molecule has 1 aromatic rings. The fourth-order valence-corrected chi connectivity index (χ4v) is 3.16. The van der Waals surface area contributed by atoms with Crippen molar-refractivity contribution in [3.05, 3.63) is 28.2 Å². The molecule has 20 heavy (non-hydrogen) atoms. The minimum Gasteiger partial charge on any atom is -0.383 e. The third-order valence-corrected chi connectivity index (χ3v) is 4.59.